The molecule has 37 heavy (non-hydrogen) atoms. The van der Waals surface area contributed by atoms with E-state index < -0.39 is 15.4 Å². The summed E-state index contributed by atoms with van der Waals surface area (Å²) >= 11 is 18.1. The molecule has 0 radical (unpaired) electrons. The summed E-state index contributed by atoms with van der Waals surface area (Å²) in [6.45, 7) is 3.83. The van der Waals surface area contributed by atoms with Crippen molar-refractivity contribution in [2.24, 2.45) is 5.41 Å². The van der Waals surface area contributed by atoms with Gasteiger partial charge in [0.05, 0.1) is 22.4 Å². The van der Waals surface area contributed by atoms with Gasteiger partial charge >= 0.3 is 0 Å². The number of amides is 1. The Morgan fingerprint density at radius 1 is 0.973 bits per heavy atom. The second kappa shape index (κ2) is 12.1. The molecule has 2 heterocycles. The van der Waals surface area contributed by atoms with Gasteiger partial charge in [-0.2, -0.15) is 0 Å². The number of piperazine rings is 1. The Hall–Kier alpha value is -1.55. The predicted octanol–water partition coefficient (Wildman–Crippen LogP) is 4.80. The summed E-state index contributed by atoms with van der Waals surface area (Å²) in [4.78, 5) is 17.5. The highest BCUT2D eigenvalue weighted by molar-refractivity contribution is 7.88. The average molecular weight is 589 g/mol. The Morgan fingerprint density at radius 2 is 1.68 bits per heavy atom. The van der Waals surface area contributed by atoms with E-state index in [1.54, 1.807) is 42.5 Å². The molecule has 0 spiro atoms. The highest BCUT2D eigenvalue weighted by Gasteiger charge is 2.43. The summed E-state index contributed by atoms with van der Waals surface area (Å²) in [6.07, 6.45) is 1.56. The van der Waals surface area contributed by atoms with Crippen molar-refractivity contribution in [3.05, 3.63) is 63.1 Å². The molecule has 2 fully saturated rings. The third kappa shape index (κ3) is 7.52. The first kappa shape index (κ1) is 28.5. The van der Waals surface area contributed by atoms with Crippen molar-refractivity contribution in [1.29, 1.82) is 0 Å². The van der Waals surface area contributed by atoms with Crippen LogP contribution in [-0.2, 0) is 20.6 Å². The van der Waals surface area contributed by atoms with Crippen LogP contribution in [0.25, 0.3) is 0 Å². The molecule has 4 rings (SSSR count). The number of carbonyl (C=O) groups excluding carboxylic acids is 1. The van der Waals surface area contributed by atoms with Gasteiger partial charge in [0.2, 0.25) is 15.9 Å². The number of ether oxygens (including phenoxy) is 1. The number of hydrogen-bond acceptors (Lipinski definition) is 5. The Bertz CT molecular complexity index is 1200. The SMILES string of the molecule is CN1CCN(C(=O)C[C@@]2(COc3ccc(Cl)cc3)CCCN(S(=O)(=O)Cc3ccc(Cl)c(Cl)c3)C2)CC1. The molecule has 0 unspecified atom stereocenters. The lowest BCUT2D eigenvalue weighted by Gasteiger charge is -2.43. The fraction of sp³-hybridized carbons (Fsp3) is 0.500. The number of nitrogens with zero attached hydrogens (tertiary/aromatic N) is 3. The number of rotatable bonds is 8. The van der Waals surface area contributed by atoms with Crippen LogP contribution in [0.4, 0.5) is 0 Å². The number of hydrogen-bond donors (Lipinski definition) is 0. The summed E-state index contributed by atoms with van der Waals surface area (Å²) in [5, 5.41) is 1.29. The van der Waals surface area contributed by atoms with E-state index >= 15 is 0 Å². The van der Waals surface area contributed by atoms with Gasteiger partial charge in [0, 0.05) is 56.1 Å². The first-order chi connectivity index (χ1) is 17.6. The minimum atomic E-state index is -3.67. The van der Waals surface area contributed by atoms with E-state index in [2.05, 4.69) is 4.90 Å². The van der Waals surface area contributed by atoms with Crippen molar-refractivity contribution < 1.29 is 17.9 Å². The molecule has 2 aromatic rings. The van der Waals surface area contributed by atoms with Crippen molar-refractivity contribution in [3.63, 3.8) is 0 Å². The molecular formula is C26H32Cl3N3O4S. The quantitative estimate of drug-likeness (QED) is 0.443. The monoisotopic (exact) mass is 587 g/mol. The number of likely N-dealkylation sites (N-methyl/N-ethyl adjacent to an activating group) is 1. The molecule has 1 atom stereocenters. The molecule has 0 saturated carbocycles. The van der Waals surface area contributed by atoms with Crippen molar-refractivity contribution in [1.82, 2.24) is 14.1 Å². The van der Waals surface area contributed by atoms with E-state index in [-0.39, 0.29) is 31.2 Å². The van der Waals surface area contributed by atoms with E-state index in [0.717, 1.165) is 13.1 Å². The van der Waals surface area contributed by atoms with Crippen LogP contribution in [0.5, 0.6) is 5.75 Å². The molecule has 7 nitrogen and oxygen atoms in total. The second-order valence-corrected chi connectivity index (χ2v) is 13.3. The first-order valence-electron chi connectivity index (χ1n) is 12.3. The predicted molar refractivity (Wildman–Crippen MR) is 148 cm³/mol. The highest BCUT2D eigenvalue weighted by Crippen LogP contribution is 2.37. The normalized spacial score (nSPS) is 21.7. The van der Waals surface area contributed by atoms with Crippen LogP contribution in [0.2, 0.25) is 15.1 Å². The van der Waals surface area contributed by atoms with Crippen LogP contribution in [0.3, 0.4) is 0 Å². The minimum absolute atomic E-state index is 0.0385. The maximum Gasteiger partial charge on any atom is 0.223 e. The molecule has 0 aromatic heterocycles. The van der Waals surface area contributed by atoms with Crippen LogP contribution >= 0.6 is 34.8 Å². The van der Waals surface area contributed by atoms with E-state index in [1.165, 1.54) is 4.31 Å². The lowest BCUT2D eigenvalue weighted by atomic mass is 9.78. The largest absolute Gasteiger partial charge is 0.493 e. The van der Waals surface area contributed by atoms with Gasteiger partial charge in [-0.15, -0.1) is 0 Å². The maximum absolute atomic E-state index is 13.5. The zero-order valence-corrected chi connectivity index (χ0v) is 23.9. The summed E-state index contributed by atoms with van der Waals surface area (Å²) < 4.78 is 34.6. The summed E-state index contributed by atoms with van der Waals surface area (Å²) in [6, 6.07) is 11.9. The Labute approximate surface area is 234 Å². The summed E-state index contributed by atoms with van der Waals surface area (Å²) in [5.41, 5.74) is -0.0836. The van der Waals surface area contributed by atoms with Gasteiger partial charge in [-0.25, -0.2) is 12.7 Å². The molecule has 2 aliphatic heterocycles. The van der Waals surface area contributed by atoms with E-state index in [9.17, 15) is 13.2 Å². The van der Waals surface area contributed by atoms with Gasteiger partial charge < -0.3 is 14.5 Å². The lowest BCUT2D eigenvalue weighted by Crippen LogP contribution is -2.53. The number of sulfonamides is 1. The summed E-state index contributed by atoms with van der Waals surface area (Å²) in [5.74, 6) is 0.480. The number of carbonyl (C=O) groups is 1. The van der Waals surface area contributed by atoms with Gasteiger partial charge in [-0.3, -0.25) is 4.79 Å². The van der Waals surface area contributed by atoms with Crippen molar-refractivity contribution >= 4 is 50.7 Å². The molecule has 2 saturated heterocycles. The zero-order valence-electron chi connectivity index (χ0n) is 20.8. The van der Waals surface area contributed by atoms with Crippen LogP contribution in [0, 0.1) is 5.41 Å². The van der Waals surface area contributed by atoms with Gasteiger partial charge in [0.15, 0.2) is 0 Å². The third-order valence-electron chi connectivity index (χ3n) is 7.09. The van der Waals surface area contributed by atoms with Crippen molar-refractivity contribution in [2.45, 2.75) is 25.0 Å². The minimum Gasteiger partial charge on any atom is -0.493 e. The van der Waals surface area contributed by atoms with Crippen molar-refractivity contribution in [2.75, 3.05) is 52.9 Å². The van der Waals surface area contributed by atoms with Crippen LogP contribution in [-0.4, -0.2) is 81.4 Å². The molecule has 2 aromatic carbocycles. The Balaban J connectivity index is 1.53. The van der Waals surface area contributed by atoms with Gasteiger partial charge in [-0.1, -0.05) is 40.9 Å². The second-order valence-electron chi connectivity index (χ2n) is 10.0. The highest BCUT2D eigenvalue weighted by atomic mass is 35.5. The molecular weight excluding hydrogens is 557 g/mol. The van der Waals surface area contributed by atoms with Crippen molar-refractivity contribution in [3.8, 4) is 5.75 Å². The van der Waals surface area contributed by atoms with Crippen LogP contribution in [0.1, 0.15) is 24.8 Å². The molecule has 0 bridgehead atoms. The zero-order chi connectivity index (χ0) is 26.6. The van der Waals surface area contributed by atoms with Gasteiger partial charge in [0.1, 0.15) is 5.75 Å². The molecule has 202 valence electrons. The fourth-order valence-corrected chi connectivity index (χ4v) is 7.01. The topological polar surface area (TPSA) is 70.2 Å². The smallest absolute Gasteiger partial charge is 0.223 e. The number of benzene rings is 2. The molecule has 2 aliphatic rings. The molecule has 0 N–H and O–H groups in total. The molecule has 11 heteroatoms. The average Bonchev–Trinajstić information content (AvgIpc) is 2.86. The van der Waals surface area contributed by atoms with E-state index in [0.29, 0.717) is 58.9 Å². The number of piperidine rings is 1. The standard InChI is InChI=1S/C26H32Cl3N3O4S/c1-30-11-13-31(14-12-30)25(33)16-26(19-36-22-6-4-21(27)5-7-22)9-2-10-32(18-26)37(34,35)17-20-3-8-23(28)24(29)15-20/h3-8,15H,2,9-14,16-19H2,1H3/t26-/m0/s1. The van der Waals surface area contributed by atoms with E-state index in [4.69, 9.17) is 39.5 Å². The maximum atomic E-state index is 13.5. The number of halogens is 3. The van der Waals surface area contributed by atoms with Crippen LogP contribution < -0.4 is 4.74 Å². The summed E-state index contributed by atoms with van der Waals surface area (Å²) in [7, 11) is -1.62. The molecule has 0 aliphatic carbocycles. The van der Waals surface area contributed by atoms with Gasteiger partial charge in [-0.05, 0) is 61.9 Å². The third-order valence-corrected chi connectivity index (χ3v) is 9.88. The fourth-order valence-electron chi connectivity index (χ4n) is 4.90. The Morgan fingerprint density at radius 3 is 2.35 bits per heavy atom. The van der Waals surface area contributed by atoms with Gasteiger partial charge in [0.25, 0.3) is 0 Å². The van der Waals surface area contributed by atoms with E-state index in [1.807, 2.05) is 11.9 Å². The molecule has 1 amide bonds. The van der Waals surface area contributed by atoms with Crippen LogP contribution in [0.15, 0.2) is 42.5 Å². The lowest BCUT2D eigenvalue weighted by molar-refractivity contribution is -0.136. The first-order valence-corrected chi connectivity index (χ1v) is 15.1. The Kier molecular flexibility index (Phi) is 9.30.